The maximum Gasteiger partial charge on any atom is 0.263 e. The standard InChI is InChI=1S/C28H31N3O6S/c1-4-36-24-15-14-22(16-20(24)2)38(34,35)30(3)19-27(32)31-18-26(37-25-13-9-8-12-23(25)31)28(33)29-17-21-10-6-5-7-11-21/h5-16,26H,4,17-19H2,1-3H3,(H,29,33)/t26-/m0/s1. The Hall–Kier alpha value is -3.89. The van der Waals surface area contributed by atoms with Crippen LogP contribution in [-0.2, 0) is 26.2 Å². The van der Waals surface area contributed by atoms with E-state index < -0.39 is 28.6 Å². The summed E-state index contributed by atoms with van der Waals surface area (Å²) in [6.45, 7) is 3.94. The van der Waals surface area contributed by atoms with Gasteiger partial charge in [0.2, 0.25) is 15.9 Å². The number of benzene rings is 3. The third kappa shape index (κ3) is 5.98. The van der Waals surface area contributed by atoms with E-state index in [2.05, 4.69) is 5.32 Å². The van der Waals surface area contributed by atoms with Crippen molar-refractivity contribution >= 4 is 27.5 Å². The van der Waals surface area contributed by atoms with Crippen LogP contribution in [0.25, 0.3) is 0 Å². The molecule has 1 aliphatic heterocycles. The summed E-state index contributed by atoms with van der Waals surface area (Å²) in [7, 11) is -2.60. The van der Waals surface area contributed by atoms with Gasteiger partial charge in [-0.25, -0.2) is 8.42 Å². The zero-order valence-corrected chi connectivity index (χ0v) is 22.4. The Morgan fingerprint density at radius 2 is 1.79 bits per heavy atom. The maximum atomic E-state index is 13.4. The van der Waals surface area contributed by atoms with Gasteiger partial charge >= 0.3 is 0 Å². The van der Waals surface area contributed by atoms with Gasteiger partial charge in [0.25, 0.3) is 5.91 Å². The first-order chi connectivity index (χ1) is 18.2. The molecule has 0 radical (unpaired) electrons. The van der Waals surface area contributed by atoms with E-state index >= 15 is 0 Å². The Labute approximate surface area is 223 Å². The highest BCUT2D eigenvalue weighted by Crippen LogP contribution is 2.33. The zero-order valence-electron chi connectivity index (χ0n) is 21.6. The number of aryl methyl sites for hydroxylation is 1. The van der Waals surface area contributed by atoms with Crippen molar-refractivity contribution in [3.05, 3.63) is 83.9 Å². The van der Waals surface area contributed by atoms with Gasteiger partial charge in [-0.15, -0.1) is 0 Å². The van der Waals surface area contributed by atoms with Gasteiger partial charge in [-0.3, -0.25) is 9.59 Å². The number of rotatable bonds is 9. The number of carbonyl (C=O) groups is 2. The predicted octanol–water partition coefficient (Wildman–Crippen LogP) is 3.12. The normalized spacial score (nSPS) is 14.9. The minimum atomic E-state index is -3.95. The summed E-state index contributed by atoms with van der Waals surface area (Å²) in [5, 5.41) is 2.85. The number of likely N-dealkylation sites (N-methyl/N-ethyl adjacent to an activating group) is 1. The van der Waals surface area contributed by atoms with Crippen molar-refractivity contribution in [3.63, 3.8) is 0 Å². The second-order valence-electron chi connectivity index (χ2n) is 8.90. The second kappa shape index (κ2) is 11.7. The zero-order chi connectivity index (χ0) is 27.3. The molecule has 0 unspecified atom stereocenters. The van der Waals surface area contributed by atoms with E-state index in [0.29, 0.717) is 35.9 Å². The van der Waals surface area contributed by atoms with Crippen LogP contribution in [0.5, 0.6) is 11.5 Å². The summed E-state index contributed by atoms with van der Waals surface area (Å²) in [5.74, 6) is 0.133. The molecule has 200 valence electrons. The molecule has 2 amide bonds. The highest BCUT2D eigenvalue weighted by Gasteiger charge is 2.35. The van der Waals surface area contributed by atoms with Crippen LogP contribution in [0.3, 0.4) is 0 Å². The minimum Gasteiger partial charge on any atom is -0.494 e. The molecule has 0 saturated heterocycles. The predicted molar refractivity (Wildman–Crippen MR) is 144 cm³/mol. The highest BCUT2D eigenvalue weighted by atomic mass is 32.2. The minimum absolute atomic E-state index is 0.0491. The van der Waals surface area contributed by atoms with E-state index in [1.54, 1.807) is 37.3 Å². The van der Waals surface area contributed by atoms with E-state index in [1.165, 1.54) is 24.1 Å². The van der Waals surface area contributed by atoms with Crippen LogP contribution in [0, 0.1) is 6.92 Å². The summed E-state index contributed by atoms with van der Waals surface area (Å²) in [6.07, 6.45) is -0.951. The van der Waals surface area contributed by atoms with Gasteiger partial charge in [-0.05, 0) is 55.3 Å². The van der Waals surface area contributed by atoms with Crippen LogP contribution in [0.1, 0.15) is 18.1 Å². The number of anilines is 1. The Morgan fingerprint density at radius 3 is 2.50 bits per heavy atom. The monoisotopic (exact) mass is 537 g/mol. The van der Waals surface area contributed by atoms with Crippen LogP contribution in [-0.4, -0.2) is 57.4 Å². The fourth-order valence-electron chi connectivity index (χ4n) is 4.15. The molecule has 3 aromatic carbocycles. The number of ether oxygens (including phenoxy) is 2. The number of nitrogens with zero attached hydrogens (tertiary/aromatic N) is 2. The number of amides is 2. The molecule has 3 aromatic rings. The summed E-state index contributed by atoms with van der Waals surface area (Å²) in [5.41, 5.74) is 2.09. The third-order valence-corrected chi connectivity index (χ3v) is 7.99. The lowest BCUT2D eigenvalue weighted by Gasteiger charge is -2.35. The topological polar surface area (TPSA) is 105 Å². The van der Waals surface area contributed by atoms with Crippen LogP contribution in [0.4, 0.5) is 5.69 Å². The van der Waals surface area contributed by atoms with Crippen LogP contribution >= 0.6 is 0 Å². The first kappa shape index (κ1) is 27.2. The quantitative estimate of drug-likeness (QED) is 0.450. The SMILES string of the molecule is CCOc1ccc(S(=O)(=O)N(C)CC(=O)N2C[C@@H](C(=O)NCc3ccccc3)Oc3ccccc32)cc1C. The molecule has 0 saturated carbocycles. The number of hydrogen-bond donors (Lipinski definition) is 1. The fraction of sp³-hybridized carbons (Fsp3) is 0.286. The lowest BCUT2D eigenvalue weighted by molar-refractivity contribution is -0.128. The molecule has 38 heavy (non-hydrogen) atoms. The number of fused-ring (bicyclic) bond motifs is 1. The van der Waals surface area contributed by atoms with E-state index in [-0.39, 0.29) is 17.3 Å². The molecular weight excluding hydrogens is 506 g/mol. The highest BCUT2D eigenvalue weighted by molar-refractivity contribution is 7.89. The molecular formula is C28H31N3O6S. The van der Waals surface area contributed by atoms with Crippen LogP contribution in [0.15, 0.2) is 77.7 Å². The third-order valence-electron chi connectivity index (χ3n) is 6.19. The Morgan fingerprint density at radius 1 is 1.08 bits per heavy atom. The van der Waals surface area contributed by atoms with Gasteiger partial charge in [0.1, 0.15) is 11.5 Å². The van der Waals surface area contributed by atoms with Gasteiger partial charge in [-0.2, -0.15) is 4.31 Å². The average molecular weight is 538 g/mol. The van der Waals surface area contributed by atoms with Gasteiger partial charge in [0.05, 0.1) is 30.3 Å². The van der Waals surface area contributed by atoms with Crippen molar-refractivity contribution in [1.29, 1.82) is 0 Å². The lowest BCUT2D eigenvalue weighted by atomic mass is 10.1. The molecule has 4 rings (SSSR count). The van der Waals surface area contributed by atoms with Crippen LogP contribution < -0.4 is 19.7 Å². The van der Waals surface area contributed by atoms with Gasteiger partial charge < -0.3 is 19.7 Å². The van der Waals surface area contributed by atoms with E-state index in [4.69, 9.17) is 9.47 Å². The second-order valence-corrected chi connectivity index (χ2v) is 10.9. The van der Waals surface area contributed by atoms with Crippen molar-refractivity contribution in [2.24, 2.45) is 0 Å². The lowest BCUT2D eigenvalue weighted by Crippen LogP contribution is -2.52. The molecule has 0 spiro atoms. The fourth-order valence-corrected chi connectivity index (χ4v) is 5.35. The van der Waals surface area contributed by atoms with Crippen molar-refractivity contribution in [2.45, 2.75) is 31.4 Å². The van der Waals surface area contributed by atoms with Crippen molar-refractivity contribution in [1.82, 2.24) is 9.62 Å². The summed E-state index contributed by atoms with van der Waals surface area (Å²) in [6, 6.07) is 20.9. The summed E-state index contributed by atoms with van der Waals surface area (Å²) >= 11 is 0. The number of hydrogen-bond acceptors (Lipinski definition) is 6. The average Bonchev–Trinajstić information content (AvgIpc) is 2.92. The smallest absolute Gasteiger partial charge is 0.263 e. The van der Waals surface area contributed by atoms with Gasteiger partial charge in [-0.1, -0.05) is 42.5 Å². The largest absolute Gasteiger partial charge is 0.494 e. The molecule has 0 bridgehead atoms. The number of para-hydroxylation sites is 2. The molecule has 1 atom stereocenters. The number of nitrogens with one attached hydrogen (secondary N) is 1. The summed E-state index contributed by atoms with van der Waals surface area (Å²) < 4.78 is 38.9. The first-order valence-electron chi connectivity index (χ1n) is 12.3. The van der Waals surface area contributed by atoms with Crippen LogP contribution in [0.2, 0.25) is 0 Å². The Balaban J connectivity index is 1.49. The molecule has 1 N–H and O–H groups in total. The number of carbonyl (C=O) groups excluding carboxylic acids is 2. The first-order valence-corrected chi connectivity index (χ1v) is 13.7. The molecule has 10 heteroatoms. The number of sulfonamides is 1. The van der Waals surface area contributed by atoms with Gasteiger partial charge in [0.15, 0.2) is 6.10 Å². The van der Waals surface area contributed by atoms with E-state index in [1.807, 2.05) is 37.3 Å². The van der Waals surface area contributed by atoms with Crippen molar-refractivity contribution in [2.75, 3.05) is 31.6 Å². The van der Waals surface area contributed by atoms with E-state index in [9.17, 15) is 18.0 Å². The van der Waals surface area contributed by atoms with E-state index in [0.717, 1.165) is 9.87 Å². The molecule has 1 heterocycles. The molecule has 9 nitrogen and oxygen atoms in total. The molecule has 0 fully saturated rings. The molecule has 1 aliphatic rings. The maximum absolute atomic E-state index is 13.4. The van der Waals surface area contributed by atoms with Crippen molar-refractivity contribution < 1.29 is 27.5 Å². The summed E-state index contributed by atoms with van der Waals surface area (Å²) in [4.78, 5) is 27.8. The van der Waals surface area contributed by atoms with Gasteiger partial charge in [0, 0.05) is 13.6 Å². The molecule has 0 aliphatic carbocycles. The molecule has 0 aromatic heterocycles. The van der Waals surface area contributed by atoms with Crippen molar-refractivity contribution in [3.8, 4) is 11.5 Å². The Kier molecular flexibility index (Phi) is 8.33. The Bertz CT molecular complexity index is 1410.